The summed E-state index contributed by atoms with van der Waals surface area (Å²) < 4.78 is 0. The average molecular weight is 288 g/mol. The summed E-state index contributed by atoms with van der Waals surface area (Å²) >= 11 is 0. The maximum absolute atomic E-state index is 12.4. The molecule has 1 fully saturated rings. The molecule has 0 atom stereocenters. The monoisotopic (exact) mass is 288 g/mol. The molecule has 1 N–H and O–H groups in total. The number of carboxylic acid groups (broad SMARTS) is 1. The number of allylic oxidation sites excluding steroid dienone is 2. The van der Waals surface area contributed by atoms with Crippen molar-refractivity contribution in [2.24, 2.45) is 0 Å². The Kier molecular flexibility index (Phi) is 3.13. The van der Waals surface area contributed by atoms with Gasteiger partial charge in [-0.05, 0) is 0 Å². The number of aromatic nitrogens is 2. The molecule has 108 valence electrons. The molecule has 0 bridgehead atoms. The number of rotatable bonds is 1. The van der Waals surface area contributed by atoms with Gasteiger partial charge in [0.05, 0.1) is 5.70 Å². The average Bonchev–Trinajstić information content (AvgIpc) is 2.51. The van der Waals surface area contributed by atoms with Crippen LogP contribution >= 0.6 is 0 Å². The number of hydrogen-bond donors (Lipinski definition) is 1. The Morgan fingerprint density at radius 1 is 1.05 bits per heavy atom. The maximum atomic E-state index is 12.4. The van der Waals surface area contributed by atoms with E-state index in [9.17, 15) is 14.4 Å². The third kappa shape index (κ3) is 2.24. The quantitative estimate of drug-likeness (QED) is 0.777. The zero-order valence-corrected chi connectivity index (χ0v) is 11.0. The normalized spacial score (nSPS) is 18.4. The Labute approximate surface area is 119 Å². The van der Waals surface area contributed by atoms with E-state index in [0.29, 0.717) is 26.2 Å². The fraction of sp³-hybridized carbons (Fsp3) is 0.308. The zero-order chi connectivity index (χ0) is 15.0. The van der Waals surface area contributed by atoms with Crippen LogP contribution in [0.15, 0.2) is 24.2 Å². The maximum Gasteiger partial charge on any atom is 0.407 e. The molecule has 0 spiro atoms. The van der Waals surface area contributed by atoms with Gasteiger partial charge in [0.2, 0.25) is 11.6 Å². The van der Waals surface area contributed by atoms with Crippen LogP contribution in [0.3, 0.4) is 0 Å². The SMILES string of the molecule is O=C1C=C(N2CCN(C(=O)O)CC2)C(=O)c2nccnc21. The van der Waals surface area contributed by atoms with Crippen LogP contribution in [-0.4, -0.2) is 68.7 Å². The minimum Gasteiger partial charge on any atom is -0.465 e. The van der Waals surface area contributed by atoms with Crippen molar-refractivity contribution in [2.45, 2.75) is 0 Å². The first-order valence-electron chi connectivity index (χ1n) is 6.42. The summed E-state index contributed by atoms with van der Waals surface area (Å²) in [6, 6.07) is 0. The summed E-state index contributed by atoms with van der Waals surface area (Å²) in [4.78, 5) is 46.1. The molecular weight excluding hydrogens is 276 g/mol. The van der Waals surface area contributed by atoms with Gasteiger partial charge in [0.15, 0.2) is 0 Å². The van der Waals surface area contributed by atoms with Gasteiger partial charge in [0.25, 0.3) is 0 Å². The van der Waals surface area contributed by atoms with E-state index in [1.54, 1.807) is 4.90 Å². The Balaban J connectivity index is 1.83. The van der Waals surface area contributed by atoms with E-state index in [4.69, 9.17) is 5.11 Å². The molecule has 0 radical (unpaired) electrons. The van der Waals surface area contributed by atoms with Crippen LogP contribution in [-0.2, 0) is 0 Å². The van der Waals surface area contributed by atoms with Crippen LogP contribution < -0.4 is 0 Å². The molecule has 1 aliphatic carbocycles. The van der Waals surface area contributed by atoms with E-state index in [2.05, 4.69) is 9.97 Å². The van der Waals surface area contributed by atoms with Gasteiger partial charge in [-0.25, -0.2) is 14.8 Å². The smallest absolute Gasteiger partial charge is 0.407 e. The fourth-order valence-corrected chi connectivity index (χ4v) is 2.44. The predicted octanol–water partition coefficient (Wildman–Crippen LogP) is 0.0351. The second-order valence-electron chi connectivity index (χ2n) is 4.73. The molecule has 1 aliphatic heterocycles. The number of fused-ring (bicyclic) bond motifs is 1. The first-order valence-corrected chi connectivity index (χ1v) is 6.42. The van der Waals surface area contributed by atoms with Crippen LogP contribution in [0.1, 0.15) is 21.0 Å². The lowest BCUT2D eigenvalue weighted by molar-refractivity contribution is 0.0895. The van der Waals surface area contributed by atoms with Gasteiger partial charge in [-0.15, -0.1) is 0 Å². The molecule has 21 heavy (non-hydrogen) atoms. The molecule has 8 nitrogen and oxygen atoms in total. The summed E-state index contributed by atoms with van der Waals surface area (Å²) in [7, 11) is 0. The van der Waals surface area contributed by atoms with Crippen LogP contribution in [0.4, 0.5) is 4.79 Å². The Morgan fingerprint density at radius 3 is 2.29 bits per heavy atom. The number of amides is 1. The number of Topliss-reactive ketones (excluding diaryl/α,β-unsaturated/α-hetero) is 1. The van der Waals surface area contributed by atoms with Gasteiger partial charge in [0.1, 0.15) is 11.4 Å². The lowest BCUT2D eigenvalue weighted by atomic mass is 10.0. The van der Waals surface area contributed by atoms with Crippen molar-refractivity contribution in [3.63, 3.8) is 0 Å². The summed E-state index contributed by atoms with van der Waals surface area (Å²) in [5.41, 5.74) is 0.383. The molecule has 0 unspecified atom stereocenters. The summed E-state index contributed by atoms with van der Waals surface area (Å²) in [6.07, 6.45) is 3.02. The Bertz CT molecular complexity index is 662. The topological polar surface area (TPSA) is 104 Å². The number of ketones is 2. The molecule has 2 heterocycles. The lowest BCUT2D eigenvalue weighted by Crippen LogP contribution is -2.49. The van der Waals surface area contributed by atoms with Crippen LogP contribution in [0.5, 0.6) is 0 Å². The highest BCUT2D eigenvalue weighted by atomic mass is 16.4. The van der Waals surface area contributed by atoms with Crippen molar-refractivity contribution < 1.29 is 19.5 Å². The summed E-state index contributed by atoms with van der Waals surface area (Å²) in [6.45, 7) is 1.32. The second-order valence-corrected chi connectivity index (χ2v) is 4.73. The van der Waals surface area contributed by atoms with Crippen molar-refractivity contribution in [3.8, 4) is 0 Å². The molecular formula is C13H12N4O4. The first kappa shape index (κ1) is 13.2. The predicted molar refractivity (Wildman–Crippen MR) is 69.9 cm³/mol. The zero-order valence-electron chi connectivity index (χ0n) is 11.0. The second kappa shape index (κ2) is 4.97. The molecule has 1 saturated heterocycles. The van der Waals surface area contributed by atoms with Gasteiger partial charge in [0, 0.05) is 44.6 Å². The van der Waals surface area contributed by atoms with Gasteiger partial charge in [-0.2, -0.15) is 0 Å². The summed E-state index contributed by atoms with van der Waals surface area (Å²) in [5.74, 6) is -0.699. The first-order chi connectivity index (χ1) is 10.1. The number of carbonyl (C=O) groups is 3. The molecule has 1 aromatic rings. The third-order valence-electron chi connectivity index (χ3n) is 3.54. The number of carbonyl (C=O) groups excluding carboxylic acids is 2. The van der Waals surface area contributed by atoms with E-state index >= 15 is 0 Å². The van der Waals surface area contributed by atoms with Gasteiger partial charge in [-0.1, -0.05) is 0 Å². The molecule has 0 saturated carbocycles. The minimum absolute atomic E-state index is 0.0562. The lowest BCUT2D eigenvalue weighted by Gasteiger charge is -2.35. The van der Waals surface area contributed by atoms with Crippen molar-refractivity contribution >= 4 is 17.7 Å². The highest BCUT2D eigenvalue weighted by Crippen LogP contribution is 2.21. The number of nitrogens with zero attached hydrogens (tertiary/aromatic N) is 4. The van der Waals surface area contributed by atoms with E-state index in [-0.39, 0.29) is 28.7 Å². The Hall–Kier alpha value is -2.77. The van der Waals surface area contributed by atoms with E-state index in [1.165, 1.54) is 23.4 Å². The van der Waals surface area contributed by atoms with Crippen LogP contribution in [0.25, 0.3) is 0 Å². The van der Waals surface area contributed by atoms with Gasteiger partial charge >= 0.3 is 6.09 Å². The minimum atomic E-state index is -0.981. The van der Waals surface area contributed by atoms with Gasteiger partial charge in [-0.3, -0.25) is 9.59 Å². The van der Waals surface area contributed by atoms with Crippen LogP contribution in [0.2, 0.25) is 0 Å². The standard InChI is InChI=1S/C13H12N4O4/c18-9-7-8(12(19)11-10(9)14-1-2-15-11)16-3-5-17(6-4-16)13(20)21/h1-2,7H,3-6H2,(H,20,21). The largest absolute Gasteiger partial charge is 0.465 e. The third-order valence-corrected chi connectivity index (χ3v) is 3.54. The van der Waals surface area contributed by atoms with Crippen molar-refractivity contribution in [2.75, 3.05) is 26.2 Å². The number of hydrogen-bond acceptors (Lipinski definition) is 6. The highest BCUT2D eigenvalue weighted by Gasteiger charge is 2.32. The fourth-order valence-electron chi connectivity index (χ4n) is 2.44. The van der Waals surface area contributed by atoms with Crippen molar-refractivity contribution in [1.29, 1.82) is 0 Å². The molecule has 0 aromatic carbocycles. The number of piperazine rings is 1. The van der Waals surface area contributed by atoms with Crippen molar-refractivity contribution in [1.82, 2.24) is 19.8 Å². The Morgan fingerprint density at radius 2 is 1.67 bits per heavy atom. The molecule has 2 aliphatic rings. The molecule has 1 aromatic heterocycles. The molecule has 1 amide bonds. The van der Waals surface area contributed by atoms with E-state index < -0.39 is 6.09 Å². The molecule has 3 rings (SSSR count). The van der Waals surface area contributed by atoms with E-state index in [0.717, 1.165) is 0 Å². The highest BCUT2D eigenvalue weighted by molar-refractivity contribution is 6.22. The van der Waals surface area contributed by atoms with Crippen molar-refractivity contribution in [3.05, 3.63) is 35.6 Å². The summed E-state index contributed by atoms with van der Waals surface area (Å²) in [5, 5.41) is 8.91. The van der Waals surface area contributed by atoms with E-state index in [1.807, 2.05) is 0 Å². The van der Waals surface area contributed by atoms with Gasteiger partial charge < -0.3 is 14.9 Å². The van der Waals surface area contributed by atoms with Crippen LogP contribution in [0, 0.1) is 0 Å². The molecule has 8 heteroatoms.